The van der Waals surface area contributed by atoms with Crippen molar-refractivity contribution in [3.05, 3.63) is 0 Å². The summed E-state index contributed by atoms with van der Waals surface area (Å²) in [6.45, 7) is 1.32. The molecule has 1 saturated heterocycles. The molecular formula is C6H8Cl2O3S. The molecular weight excluding hydrogens is 223 g/mol. The molecule has 0 amide bonds. The van der Waals surface area contributed by atoms with Gasteiger partial charge in [0.15, 0.2) is 15.6 Å². The summed E-state index contributed by atoms with van der Waals surface area (Å²) in [6.07, 6.45) is 0.120. The van der Waals surface area contributed by atoms with Gasteiger partial charge in [-0.25, -0.2) is 8.42 Å². The van der Waals surface area contributed by atoms with Gasteiger partial charge in [-0.15, -0.1) is 0 Å². The highest BCUT2D eigenvalue weighted by Crippen LogP contribution is 2.40. The fourth-order valence-electron chi connectivity index (χ4n) is 1.05. The lowest BCUT2D eigenvalue weighted by molar-refractivity contribution is -0.118. The van der Waals surface area contributed by atoms with Gasteiger partial charge in [-0.2, -0.15) is 0 Å². The maximum atomic E-state index is 11.4. The lowest BCUT2D eigenvalue weighted by Crippen LogP contribution is -2.43. The second-order valence-corrected chi connectivity index (χ2v) is 7.22. The van der Waals surface area contributed by atoms with Crippen molar-refractivity contribution in [2.24, 2.45) is 0 Å². The minimum Gasteiger partial charge on any atom is -0.298 e. The zero-order chi connectivity index (χ0) is 9.57. The van der Waals surface area contributed by atoms with Crippen LogP contribution in [0.1, 0.15) is 19.8 Å². The van der Waals surface area contributed by atoms with Gasteiger partial charge in [-0.05, 0) is 6.92 Å². The summed E-state index contributed by atoms with van der Waals surface area (Å²) in [7, 11) is -3.71. The van der Waals surface area contributed by atoms with Gasteiger partial charge in [-0.1, -0.05) is 23.2 Å². The van der Waals surface area contributed by atoms with Crippen LogP contribution < -0.4 is 0 Å². The summed E-state index contributed by atoms with van der Waals surface area (Å²) in [5.41, 5.74) is 0. The monoisotopic (exact) mass is 230 g/mol. The minimum absolute atomic E-state index is 0.0123. The number of Topliss-reactive ketones (excluding diaryl/α,β-unsaturated/α-hetero) is 1. The van der Waals surface area contributed by atoms with E-state index in [9.17, 15) is 13.2 Å². The molecule has 0 aromatic carbocycles. The van der Waals surface area contributed by atoms with Gasteiger partial charge in [0.25, 0.3) is 0 Å². The van der Waals surface area contributed by atoms with Crippen molar-refractivity contribution in [2.75, 3.05) is 0 Å². The van der Waals surface area contributed by atoms with Gasteiger partial charge in [0.2, 0.25) is 3.67 Å². The number of hydrogen-bond donors (Lipinski definition) is 0. The smallest absolute Gasteiger partial charge is 0.218 e. The molecule has 0 radical (unpaired) electrons. The summed E-state index contributed by atoms with van der Waals surface area (Å²) < 4.78 is 20.9. The average Bonchev–Trinajstić information content (AvgIpc) is 1.96. The first kappa shape index (κ1) is 10.3. The third kappa shape index (κ3) is 1.36. The van der Waals surface area contributed by atoms with Crippen LogP contribution >= 0.6 is 23.2 Å². The molecule has 1 aliphatic rings. The van der Waals surface area contributed by atoms with Gasteiger partial charge in [0.1, 0.15) is 5.25 Å². The summed E-state index contributed by atoms with van der Waals surface area (Å²) in [4.78, 5) is 11.0. The molecule has 1 atom stereocenters. The third-order valence-electron chi connectivity index (χ3n) is 2.00. The summed E-state index contributed by atoms with van der Waals surface area (Å²) in [5, 5.41) is -1.07. The van der Waals surface area contributed by atoms with E-state index in [4.69, 9.17) is 23.2 Å². The molecule has 70 valence electrons. The van der Waals surface area contributed by atoms with Crippen LogP contribution in [0.15, 0.2) is 0 Å². The van der Waals surface area contributed by atoms with Crippen LogP contribution in [-0.2, 0) is 14.6 Å². The van der Waals surface area contributed by atoms with Crippen molar-refractivity contribution in [1.82, 2.24) is 0 Å². The third-order valence-corrected chi connectivity index (χ3v) is 5.90. The predicted octanol–water partition coefficient (Wildman–Crippen LogP) is 1.28. The van der Waals surface area contributed by atoms with Crippen molar-refractivity contribution in [3.8, 4) is 0 Å². The Hall–Kier alpha value is 0.200. The molecule has 0 aliphatic carbocycles. The molecule has 0 bridgehead atoms. The number of carbonyl (C=O) groups excluding carboxylic acids is 1. The quantitative estimate of drug-likeness (QED) is 0.590. The first-order chi connectivity index (χ1) is 5.29. The highest BCUT2D eigenvalue weighted by Gasteiger charge is 2.49. The Morgan fingerprint density at radius 1 is 1.50 bits per heavy atom. The molecule has 1 unspecified atom stereocenters. The van der Waals surface area contributed by atoms with Crippen molar-refractivity contribution in [1.29, 1.82) is 0 Å². The second-order valence-electron chi connectivity index (χ2n) is 2.79. The predicted molar refractivity (Wildman–Crippen MR) is 47.1 cm³/mol. The number of carbonyl (C=O) groups is 1. The molecule has 0 spiro atoms. The lowest BCUT2D eigenvalue weighted by Gasteiger charge is -2.28. The first-order valence-electron chi connectivity index (χ1n) is 3.43. The normalized spacial score (nSPS) is 33.2. The molecule has 0 aromatic rings. The van der Waals surface area contributed by atoms with Crippen LogP contribution in [0.2, 0.25) is 0 Å². The van der Waals surface area contributed by atoms with E-state index in [1.807, 2.05) is 0 Å². The van der Waals surface area contributed by atoms with Crippen molar-refractivity contribution in [3.63, 3.8) is 0 Å². The SMILES string of the molecule is CC1C(=O)CCC(Cl)(Cl)S1(=O)=O. The number of sulfone groups is 1. The first-order valence-corrected chi connectivity index (χ1v) is 5.73. The van der Waals surface area contributed by atoms with Crippen molar-refractivity contribution in [2.45, 2.75) is 28.7 Å². The molecule has 1 heterocycles. The number of rotatable bonds is 0. The van der Waals surface area contributed by atoms with Crippen LogP contribution in [0.5, 0.6) is 0 Å². The summed E-state index contributed by atoms with van der Waals surface area (Å²) >= 11 is 11.1. The van der Waals surface area contributed by atoms with Gasteiger partial charge in [-0.3, -0.25) is 4.79 Å². The Morgan fingerprint density at radius 2 is 2.00 bits per heavy atom. The Morgan fingerprint density at radius 3 is 2.42 bits per heavy atom. The Bertz CT molecular complexity index is 307. The Balaban J connectivity index is 3.14. The lowest BCUT2D eigenvalue weighted by atomic mass is 10.2. The van der Waals surface area contributed by atoms with Crippen molar-refractivity contribution < 1.29 is 13.2 Å². The number of halogens is 2. The molecule has 1 aliphatic heterocycles. The van der Waals surface area contributed by atoms with Crippen LogP contribution in [-0.4, -0.2) is 23.1 Å². The minimum atomic E-state index is -3.71. The maximum absolute atomic E-state index is 11.4. The van der Waals surface area contributed by atoms with Crippen LogP contribution in [0, 0.1) is 0 Å². The van der Waals surface area contributed by atoms with Crippen molar-refractivity contribution >= 4 is 38.8 Å². The van der Waals surface area contributed by atoms with E-state index < -0.39 is 18.8 Å². The van der Waals surface area contributed by atoms with E-state index in [1.165, 1.54) is 6.92 Å². The summed E-state index contributed by atoms with van der Waals surface area (Å²) in [5.74, 6) is -0.313. The molecule has 6 heteroatoms. The fourth-order valence-corrected chi connectivity index (χ4v) is 3.40. The number of hydrogen-bond acceptors (Lipinski definition) is 3. The highest BCUT2D eigenvalue weighted by atomic mass is 35.5. The molecule has 0 N–H and O–H groups in total. The van der Waals surface area contributed by atoms with E-state index in [0.717, 1.165) is 0 Å². The van der Waals surface area contributed by atoms with Gasteiger partial charge >= 0.3 is 0 Å². The average molecular weight is 231 g/mol. The molecule has 1 rings (SSSR count). The van der Waals surface area contributed by atoms with E-state index in [2.05, 4.69) is 0 Å². The summed E-state index contributed by atoms with van der Waals surface area (Å²) in [6, 6.07) is 0. The molecule has 3 nitrogen and oxygen atoms in total. The van der Waals surface area contributed by atoms with Gasteiger partial charge in [0, 0.05) is 12.8 Å². The van der Waals surface area contributed by atoms with E-state index in [1.54, 1.807) is 0 Å². The molecule has 1 fully saturated rings. The second kappa shape index (κ2) is 2.86. The zero-order valence-electron chi connectivity index (χ0n) is 6.38. The fraction of sp³-hybridized carbons (Fsp3) is 0.833. The Labute approximate surface area is 81.0 Å². The van der Waals surface area contributed by atoms with Crippen LogP contribution in [0.3, 0.4) is 0 Å². The van der Waals surface area contributed by atoms with Crippen LogP contribution in [0.4, 0.5) is 0 Å². The zero-order valence-corrected chi connectivity index (χ0v) is 8.71. The Kier molecular flexibility index (Phi) is 2.45. The van der Waals surface area contributed by atoms with Gasteiger partial charge < -0.3 is 0 Å². The highest BCUT2D eigenvalue weighted by molar-refractivity contribution is 7.96. The molecule has 0 aromatic heterocycles. The molecule has 0 saturated carbocycles. The van der Waals surface area contributed by atoms with Crippen LogP contribution in [0.25, 0.3) is 0 Å². The largest absolute Gasteiger partial charge is 0.298 e. The van der Waals surface area contributed by atoms with E-state index in [0.29, 0.717) is 0 Å². The number of ketones is 1. The molecule has 12 heavy (non-hydrogen) atoms. The topological polar surface area (TPSA) is 51.2 Å². The van der Waals surface area contributed by atoms with E-state index >= 15 is 0 Å². The standard InChI is InChI=1S/C6H8Cl2O3S/c1-4-5(9)2-3-6(7,8)12(4,10)11/h4H,2-3H2,1H3. The number of alkyl halides is 2. The van der Waals surface area contributed by atoms with E-state index in [-0.39, 0.29) is 18.6 Å². The maximum Gasteiger partial charge on any atom is 0.218 e. The van der Waals surface area contributed by atoms with Gasteiger partial charge in [0.05, 0.1) is 0 Å².